The van der Waals surface area contributed by atoms with Crippen molar-refractivity contribution in [2.24, 2.45) is 5.73 Å². The minimum atomic E-state index is -4.10. The molecule has 21 heavy (non-hydrogen) atoms. The quantitative estimate of drug-likeness (QED) is 0.765. The van der Waals surface area contributed by atoms with Gasteiger partial charge in [0.1, 0.15) is 10.9 Å². The average Bonchev–Trinajstić information content (AvgIpc) is 2.37. The van der Waals surface area contributed by atoms with E-state index in [0.717, 1.165) is 4.31 Å². The number of sulfonamides is 1. The molecule has 0 saturated carbocycles. The minimum Gasteiger partial charge on any atom is -0.399 e. The second-order valence-corrected chi connectivity index (χ2v) is 7.06. The number of hydrogen-bond acceptors (Lipinski definition) is 5. The molecule has 0 radical (unpaired) electrons. The van der Waals surface area contributed by atoms with Crippen molar-refractivity contribution in [3.05, 3.63) is 22.2 Å². The van der Waals surface area contributed by atoms with Crippen molar-refractivity contribution < 1.29 is 17.9 Å². The molecule has 1 atom stereocenters. The van der Waals surface area contributed by atoms with Gasteiger partial charge >= 0.3 is 0 Å². The molecule has 0 bridgehead atoms. The zero-order valence-corrected chi connectivity index (χ0v) is 13.1. The highest BCUT2D eigenvalue weighted by atomic mass is 35.5. The second-order valence-electron chi connectivity index (χ2n) is 4.42. The van der Waals surface area contributed by atoms with Crippen molar-refractivity contribution in [2.45, 2.75) is 10.9 Å². The van der Waals surface area contributed by atoms with Gasteiger partial charge in [0, 0.05) is 12.2 Å². The predicted molar refractivity (Wildman–Crippen MR) is 78.6 cm³/mol. The van der Waals surface area contributed by atoms with Gasteiger partial charge in [0.2, 0.25) is 15.9 Å². The largest absolute Gasteiger partial charge is 0.399 e. The van der Waals surface area contributed by atoms with Crippen molar-refractivity contribution in [3.63, 3.8) is 0 Å². The minimum absolute atomic E-state index is 0.0209. The van der Waals surface area contributed by atoms with Crippen LogP contribution in [0.3, 0.4) is 0 Å². The Labute approximate surface area is 131 Å². The predicted octanol–water partition coefficient (Wildman–Crippen LogP) is 0.450. The lowest BCUT2D eigenvalue weighted by atomic mass is 10.3. The Morgan fingerprint density at radius 3 is 2.43 bits per heavy atom. The van der Waals surface area contributed by atoms with E-state index >= 15 is 0 Å². The van der Waals surface area contributed by atoms with E-state index in [1.807, 2.05) is 0 Å². The van der Waals surface area contributed by atoms with Crippen LogP contribution in [0.5, 0.6) is 0 Å². The number of nitrogens with zero attached hydrogens (tertiary/aromatic N) is 1. The monoisotopic (exact) mass is 353 g/mol. The Balaban J connectivity index is 2.53. The SMILES string of the molecule is NC(=O)C1COCCN1S(=O)(=O)c1c(Cl)cc(N)cc1Cl. The van der Waals surface area contributed by atoms with E-state index in [9.17, 15) is 13.2 Å². The Morgan fingerprint density at radius 2 is 1.90 bits per heavy atom. The maximum Gasteiger partial charge on any atom is 0.246 e. The molecule has 1 aromatic rings. The van der Waals surface area contributed by atoms with Gasteiger partial charge in [-0.15, -0.1) is 0 Å². The molecular formula is C11H13Cl2N3O4S. The number of rotatable bonds is 3. The van der Waals surface area contributed by atoms with Crippen LogP contribution in [-0.2, 0) is 19.6 Å². The molecule has 0 aromatic heterocycles. The van der Waals surface area contributed by atoms with E-state index in [4.69, 9.17) is 39.4 Å². The Morgan fingerprint density at radius 1 is 1.33 bits per heavy atom. The molecule has 1 aromatic carbocycles. The average molecular weight is 354 g/mol. The fourth-order valence-corrected chi connectivity index (χ4v) is 4.79. The van der Waals surface area contributed by atoms with Crippen molar-refractivity contribution in [1.29, 1.82) is 0 Å². The molecule has 7 nitrogen and oxygen atoms in total. The number of benzene rings is 1. The first-order valence-corrected chi connectivity index (χ1v) is 8.08. The van der Waals surface area contributed by atoms with Gasteiger partial charge in [0.25, 0.3) is 0 Å². The second kappa shape index (κ2) is 5.98. The summed E-state index contributed by atoms with van der Waals surface area (Å²) in [5.41, 5.74) is 11.0. The number of ether oxygens (including phenoxy) is 1. The van der Waals surface area contributed by atoms with Crippen molar-refractivity contribution in [1.82, 2.24) is 4.31 Å². The number of amides is 1. The van der Waals surface area contributed by atoms with Crippen LogP contribution >= 0.6 is 23.2 Å². The fraction of sp³-hybridized carbons (Fsp3) is 0.364. The van der Waals surface area contributed by atoms with Crippen LogP contribution in [-0.4, -0.2) is 44.4 Å². The summed E-state index contributed by atoms with van der Waals surface area (Å²) in [6.45, 7) is 0.0129. The number of nitrogen functional groups attached to an aromatic ring is 1. The Kier molecular flexibility index (Phi) is 4.64. The molecule has 0 spiro atoms. The van der Waals surface area contributed by atoms with Crippen LogP contribution in [0.2, 0.25) is 10.0 Å². The van der Waals surface area contributed by atoms with Gasteiger partial charge < -0.3 is 16.2 Å². The summed E-state index contributed by atoms with van der Waals surface area (Å²) in [5, 5.41) is -0.232. The van der Waals surface area contributed by atoms with E-state index in [1.54, 1.807) is 0 Å². The molecule has 116 valence electrons. The van der Waals surface area contributed by atoms with Gasteiger partial charge in [-0.2, -0.15) is 4.31 Å². The normalized spacial score (nSPS) is 20.4. The molecular weight excluding hydrogens is 341 g/mol. The molecule has 1 amide bonds. The maximum absolute atomic E-state index is 12.7. The number of hydrogen-bond donors (Lipinski definition) is 2. The number of anilines is 1. The van der Waals surface area contributed by atoms with Gasteiger partial charge in [0.15, 0.2) is 0 Å². The molecule has 1 aliphatic rings. The van der Waals surface area contributed by atoms with Crippen LogP contribution < -0.4 is 11.5 Å². The van der Waals surface area contributed by atoms with E-state index in [0.29, 0.717) is 0 Å². The highest BCUT2D eigenvalue weighted by molar-refractivity contribution is 7.89. The summed E-state index contributed by atoms with van der Waals surface area (Å²) in [6, 6.07) is 1.45. The smallest absolute Gasteiger partial charge is 0.246 e. The number of halogens is 2. The van der Waals surface area contributed by atoms with Crippen molar-refractivity contribution >= 4 is 44.8 Å². The van der Waals surface area contributed by atoms with Crippen molar-refractivity contribution in [2.75, 3.05) is 25.5 Å². The zero-order chi connectivity index (χ0) is 15.8. The third kappa shape index (κ3) is 3.09. The van der Waals surface area contributed by atoms with E-state index in [2.05, 4.69) is 0 Å². The summed E-state index contributed by atoms with van der Waals surface area (Å²) in [4.78, 5) is 11.1. The maximum atomic E-state index is 12.7. The summed E-state index contributed by atoms with van der Waals surface area (Å²) < 4.78 is 31.5. The Hall–Kier alpha value is -1.06. The van der Waals surface area contributed by atoms with Crippen molar-refractivity contribution in [3.8, 4) is 0 Å². The highest BCUT2D eigenvalue weighted by Gasteiger charge is 2.39. The summed E-state index contributed by atoms with van der Waals surface area (Å²) in [6.07, 6.45) is 0. The lowest BCUT2D eigenvalue weighted by Crippen LogP contribution is -2.54. The van der Waals surface area contributed by atoms with Crippen LogP contribution in [0.15, 0.2) is 17.0 Å². The number of primary amides is 1. The zero-order valence-electron chi connectivity index (χ0n) is 10.8. The number of carbonyl (C=O) groups is 1. The lowest BCUT2D eigenvalue weighted by molar-refractivity contribution is -0.125. The first kappa shape index (κ1) is 16.3. The first-order chi connectivity index (χ1) is 9.75. The summed E-state index contributed by atoms with van der Waals surface area (Å²) in [5.74, 6) is -0.805. The molecule has 1 heterocycles. The van der Waals surface area contributed by atoms with E-state index in [1.165, 1.54) is 12.1 Å². The van der Waals surface area contributed by atoms with Gasteiger partial charge in [-0.25, -0.2) is 8.42 Å². The summed E-state index contributed by atoms with van der Waals surface area (Å²) >= 11 is 11.9. The lowest BCUT2D eigenvalue weighted by Gasteiger charge is -2.32. The van der Waals surface area contributed by atoms with Crippen LogP contribution in [0.4, 0.5) is 5.69 Å². The first-order valence-electron chi connectivity index (χ1n) is 5.88. The molecule has 1 saturated heterocycles. The summed E-state index contributed by atoms with van der Waals surface area (Å²) in [7, 11) is -4.10. The molecule has 1 aliphatic heterocycles. The number of morpholine rings is 1. The molecule has 1 unspecified atom stereocenters. The fourth-order valence-electron chi connectivity index (χ4n) is 2.04. The molecule has 10 heteroatoms. The topological polar surface area (TPSA) is 116 Å². The van der Waals surface area contributed by atoms with Crippen LogP contribution in [0.1, 0.15) is 0 Å². The molecule has 2 rings (SSSR count). The number of carbonyl (C=O) groups excluding carboxylic acids is 1. The van der Waals surface area contributed by atoms with Gasteiger partial charge in [-0.1, -0.05) is 23.2 Å². The van der Waals surface area contributed by atoms with E-state index in [-0.39, 0.29) is 40.4 Å². The Bertz CT molecular complexity index is 657. The highest BCUT2D eigenvalue weighted by Crippen LogP contribution is 2.34. The standard InChI is InChI=1S/C11H13Cl2N3O4S/c12-7-3-6(14)4-8(13)10(7)21(18,19)16-1-2-20-5-9(16)11(15)17/h3-4,9H,1-2,5,14H2,(H2,15,17). The van der Waals surface area contributed by atoms with Crippen LogP contribution in [0.25, 0.3) is 0 Å². The number of nitrogens with two attached hydrogens (primary N) is 2. The molecule has 0 aliphatic carbocycles. The van der Waals surface area contributed by atoms with Gasteiger partial charge in [-0.3, -0.25) is 4.79 Å². The van der Waals surface area contributed by atoms with Crippen LogP contribution in [0, 0.1) is 0 Å². The third-order valence-corrected chi connectivity index (χ3v) is 5.83. The molecule has 1 fully saturated rings. The van der Waals surface area contributed by atoms with Gasteiger partial charge in [0.05, 0.1) is 23.3 Å². The third-order valence-electron chi connectivity index (χ3n) is 3.00. The molecule has 4 N–H and O–H groups in total. The van der Waals surface area contributed by atoms with Gasteiger partial charge in [-0.05, 0) is 12.1 Å². The van der Waals surface area contributed by atoms with E-state index < -0.39 is 22.0 Å².